The molecule has 1 aromatic rings. The molecule has 0 aliphatic rings. The molecule has 0 aliphatic carbocycles. The van der Waals surface area contributed by atoms with Crippen LogP contribution in [0.5, 0.6) is 0 Å². The summed E-state index contributed by atoms with van der Waals surface area (Å²) < 4.78 is 36.1. The summed E-state index contributed by atoms with van der Waals surface area (Å²) in [5, 5.41) is 0. The first-order valence-corrected chi connectivity index (χ1v) is 3.39. The molecule has 1 aromatic carbocycles. The first-order valence-electron chi connectivity index (χ1n) is 3.39. The van der Waals surface area contributed by atoms with Gasteiger partial charge in [-0.3, -0.25) is 0 Å². The van der Waals surface area contributed by atoms with Crippen molar-refractivity contribution in [2.75, 3.05) is 0 Å². The first-order chi connectivity index (χ1) is 6.04. The monoisotopic (exact) mass is 186 g/mol. The maximum absolute atomic E-state index is 12.0. The van der Waals surface area contributed by atoms with Crippen molar-refractivity contribution in [2.45, 2.75) is 6.18 Å². The van der Waals surface area contributed by atoms with Gasteiger partial charge in [0.05, 0.1) is 11.1 Å². The van der Waals surface area contributed by atoms with Gasteiger partial charge in [-0.2, -0.15) is 18.0 Å². The maximum Gasteiger partial charge on any atom is 0.416 e. The SMILES string of the molecule is [N-]=[N+]=Cc1ccc(C(F)(F)F)cc1. The van der Waals surface area contributed by atoms with Crippen molar-refractivity contribution in [1.29, 1.82) is 0 Å². The fourth-order valence-electron chi connectivity index (χ4n) is 0.825. The van der Waals surface area contributed by atoms with Gasteiger partial charge < -0.3 is 5.53 Å². The van der Waals surface area contributed by atoms with Crippen LogP contribution in [0, 0.1) is 0 Å². The van der Waals surface area contributed by atoms with Gasteiger partial charge in [-0.25, -0.2) is 0 Å². The second kappa shape index (κ2) is 3.41. The van der Waals surface area contributed by atoms with Crippen LogP contribution >= 0.6 is 0 Å². The van der Waals surface area contributed by atoms with E-state index in [1.54, 1.807) is 0 Å². The summed E-state index contributed by atoms with van der Waals surface area (Å²) in [4.78, 5) is 2.69. The molecule has 0 radical (unpaired) electrons. The molecule has 0 aliphatic heterocycles. The number of halogens is 3. The van der Waals surface area contributed by atoms with E-state index in [4.69, 9.17) is 5.53 Å². The lowest BCUT2D eigenvalue weighted by molar-refractivity contribution is -0.137. The van der Waals surface area contributed by atoms with Gasteiger partial charge in [-0.15, -0.1) is 0 Å². The van der Waals surface area contributed by atoms with E-state index in [9.17, 15) is 13.2 Å². The van der Waals surface area contributed by atoms with Crippen LogP contribution in [0.25, 0.3) is 5.53 Å². The third kappa shape index (κ3) is 2.42. The van der Waals surface area contributed by atoms with Crippen molar-refractivity contribution in [2.24, 2.45) is 0 Å². The molecule has 2 nitrogen and oxygen atoms in total. The van der Waals surface area contributed by atoms with Crippen LogP contribution in [0.3, 0.4) is 0 Å². The van der Waals surface area contributed by atoms with E-state index in [1.165, 1.54) is 12.1 Å². The lowest BCUT2D eigenvalue weighted by Crippen LogP contribution is -2.04. The third-order valence-electron chi connectivity index (χ3n) is 1.44. The smallest absolute Gasteiger partial charge is 0.361 e. The number of hydrogen-bond acceptors (Lipinski definition) is 0. The molecule has 0 aromatic heterocycles. The summed E-state index contributed by atoms with van der Waals surface area (Å²) in [6, 6.07) is 4.30. The predicted molar refractivity (Wildman–Crippen MR) is 40.2 cm³/mol. The number of alkyl halides is 3. The molecule has 0 atom stereocenters. The van der Waals surface area contributed by atoms with Crippen molar-refractivity contribution in [3.8, 4) is 0 Å². The molecule has 1 rings (SSSR count). The fourth-order valence-corrected chi connectivity index (χ4v) is 0.825. The Kier molecular flexibility index (Phi) is 2.49. The van der Waals surface area contributed by atoms with E-state index < -0.39 is 11.7 Å². The Morgan fingerprint density at radius 3 is 2.08 bits per heavy atom. The van der Waals surface area contributed by atoms with Crippen molar-refractivity contribution in [1.82, 2.24) is 0 Å². The third-order valence-corrected chi connectivity index (χ3v) is 1.44. The lowest BCUT2D eigenvalue weighted by atomic mass is 10.1. The Morgan fingerprint density at radius 2 is 1.69 bits per heavy atom. The topological polar surface area (TPSA) is 36.4 Å². The molecule has 0 saturated heterocycles. The molecular weight excluding hydrogens is 181 g/mol. The van der Waals surface area contributed by atoms with Crippen molar-refractivity contribution >= 4 is 6.21 Å². The van der Waals surface area contributed by atoms with Gasteiger partial charge in [-0.05, 0) is 24.3 Å². The van der Waals surface area contributed by atoms with Gasteiger partial charge in [0.25, 0.3) is 6.21 Å². The van der Waals surface area contributed by atoms with Gasteiger partial charge in [0.15, 0.2) is 0 Å². The van der Waals surface area contributed by atoms with E-state index in [0.717, 1.165) is 18.3 Å². The Bertz CT molecular complexity index is 333. The molecule has 0 amide bonds. The Labute approximate surface area is 72.2 Å². The molecule has 0 heterocycles. The summed E-state index contributed by atoms with van der Waals surface area (Å²) >= 11 is 0. The highest BCUT2D eigenvalue weighted by atomic mass is 19.4. The molecule has 0 bridgehead atoms. The Morgan fingerprint density at radius 1 is 1.15 bits per heavy atom. The minimum atomic E-state index is -4.32. The zero-order chi connectivity index (χ0) is 9.90. The Balaban J connectivity index is 3.00. The average Bonchev–Trinajstić information content (AvgIpc) is 2.04. The summed E-state index contributed by atoms with van der Waals surface area (Å²) in [6.45, 7) is 0. The highest BCUT2D eigenvalue weighted by Gasteiger charge is 2.29. The molecule has 13 heavy (non-hydrogen) atoms. The van der Waals surface area contributed by atoms with E-state index in [-0.39, 0.29) is 0 Å². The highest BCUT2D eigenvalue weighted by molar-refractivity contribution is 5.74. The quantitative estimate of drug-likeness (QED) is 0.366. The summed E-state index contributed by atoms with van der Waals surface area (Å²) in [5.74, 6) is 0. The molecule has 0 spiro atoms. The largest absolute Gasteiger partial charge is 0.416 e. The molecule has 0 N–H and O–H groups in total. The first kappa shape index (κ1) is 9.48. The molecule has 5 heteroatoms. The van der Waals surface area contributed by atoms with Crippen LogP contribution in [0.2, 0.25) is 0 Å². The maximum atomic E-state index is 12.0. The fraction of sp³-hybridized carbons (Fsp3) is 0.125. The standard InChI is InChI=1S/C8H5F3N2/c9-8(10,11)7-3-1-6(2-4-7)5-13-12/h1-5H. The molecule has 0 saturated carbocycles. The number of rotatable bonds is 1. The van der Waals surface area contributed by atoms with Crippen LogP contribution in [-0.4, -0.2) is 11.0 Å². The van der Waals surface area contributed by atoms with Gasteiger partial charge in [0, 0.05) is 0 Å². The van der Waals surface area contributed by atoms with Gasteiger partial charge in [0.2, 0.25) is 0 Å². The Hall–Kier alpha value is -1.61. The minimum absolute atomic E-state index is 0.413. The zero-order valence-electron chi connectivity index (χ0n) is 6.42. The van der Waals surface area contributed by atoms with Crippen LogP contribution in [0.4, 0.5) is 13.2 Å². The van der Waals surface area contributed by atoms with Crippen LogP contribution in [-0.2, 0) is 6.18 Å². The van der Waals surface area contributed by atoms with Crippen molar-refractivity contribution in [3.63, 3.8) is 0 Å². The van der Waals surface area contributed by atoms with E-state index in [1.807, 2.05) is 0 Å². The van der Waals surface area contributed by atoms with Crippen LogP contribution < -0.4 is 0 Å². The zero-order valence-corrected chi connectivity index (χ0v) is 6.42. The molecule has 0 fully saturated rings. The van der Waals surface area contributed by atoms with Crippen molar-refractivity contribution in [3.05, 3.63) is 40.9 Å². The van der Waals surface area contributed by atoms with Crippen molar-refractivity contribution < 1.29 is 18.0 Å². The summed E-state index contributed by atoms with van der Waals surface area (Å²) in [6.07, 6.45) is -3.27. The van der Waals surface area contributed by atoms with E-state index >= 15 is 0 Å². The number of benzene rings is 1. The normalized spacial score (nSPS) is 10.7. The number of hydrogen-bond donors (Lipinski definition) is 0. The van der Waals surface area contributed by atoms with E-state index in [0.29, 0.717) is 5.56 Å². The second-order valence-electron chi connectivity index (χ2n) is 2.36. The van der Waals surface area contributed by atoms with Gasteiger partial charge >= 0.3 is 6.18 Å². The van der Waals surface area contributed by atoms with Gasteiger partial charge in [-0.1, -0.05) is 0 Å². The summed E-state index contributed by atoms with van der Waals surface area (Å²) in [7, 11) is 0. The van der Waals surface area contributed by atoms with Crippen LogP contribution in [0.1, 0.15) is 11.1 Å². The predicted octanol–water partition coefficient (Wildman–Crippen LogP) is 2.35. The average molecular weight is 186 g/mol. The van der Waals surface area contributed by atoms with E-state index in [2.05, 4.69) is 4.79 Å². The summed E-state index contributed by atoms with van der Waals surface area (Å²) in [5.41, 5.74) is 7.79. The molecule has 68 valence electrons. The lowest BCUT2D eigenvalue weighted by Gasteiger charge is -2.04. The van der Waals surface area contributed by atoms with Gasteiger partial charge in [0.1, 0.15) is 0 Å². The highest BCUT2D eigenvalue weighted by Crippen LogP contribution is 2.28. The molecular formula is C8H5F3N2. The van der Waals surface area contributed by atoms with Crippen LogP contribution in [0.15, 0.2) is 24.3 Å². The minimum Gasteiger partial charge on any atom is -0.361 e. The number of nitrogens with zero attached hydrogens (tertiary/aromatic N) is 2. The molecule has 0 unspecified atom stereocenters. The second-order valence-corrected chi connectivity index (χ2v) is 2.36.